The summed E-state index contributed by atoms with van der Waals surface area (Å²) in [5.41, 5.74) is -0.512. The maximum Gasteiger partial charge on any atom is 0.239 e. The van der Waals surface area contributed by atoms with Crippen molar-refractivity contribution in [3.05, 3.63) is 0 Å². The number of amides is 2. The van der Waals surface area contributed by atoms with Gasteiger partial charge in [0.2, 0.25) is 11.8 Å². The predicted molar refractivity (Wildman–Crippen MR) is 80.0 cm³/mol. The lowest BCUT2D eigenvalue weighted by atomic mass is 9.98. The summed E-state index contributed by atoms with van der Waals surface area (Å²) in [6.07, 6.45) is 0.497. The Morgan fingerprint density at radius 2 is 1.85 bits per heavy atom. The maximum atomic E-state index is 12.1. The number of halogens is 1. The first-order valence-electron chi connectivity index (χ1n) is 7.03. The van der Waals surface area contributed by atoms with Gasteiger partial charge >= 0.3 is 0 Å². The van der Waals surface area contributed by atoms with Crippen molar-refractivity contribution in [3.63, 3.8) is 0 Å². The van der Waals surface area contributed by atoms with E-state index in [2.05, 4.69) is 15.5 Å². The molecule has 2 N–H and O–H groups in total. The van der Waals surface area contributed by atoms with Crippen LogP contribution in [0.25, 0.3) is 0 Å². The average molecular weight is 305 g/mol. The molecule has 2 heterocycles. The van der Waals surface area contributed by atoms with Crippen LogP contribution in [0.3, 0.4) is 0 Å². The number of rotatable bonds is 3. The highest BCUT2D eigenvalue weighted by atomic mass is 35.5. The van der Waals surface area contributed by atoms with Crippen LogP contribution < -0.4 is 10.6 Å². The Morgan fingerprint density at radius 1 is 1.20 bits per heavy atom. The second-order valence-electron chi connectivity index (χ2n) is 5.68. The monoisotopic (exact) mass is 304 g/mol. The number of nitrogens with one attached hydrogen (secondary N) is 2. The first-order chi connectivity index (χ1) is 9.01. The van der Waals surface area contributed by atoms with Gasteiger partial charge in [-0.25, -0.2) is 0 Å². The zero-order valence-electron chi connectivity index (χ0n) is 12.3. The van der Waals surface area contributed by atoms with Crippen LogP contribution in [0.15, 0.2) is 0 Å². The molecule has 2 rings (SSSR count). The Hall–Kier alpha value is -0.850. The van der Waals surface area contributed by atoms with Gasteiger partial charge < -0.3 is 15.5 Å². The fraction of sp³-hybridized carbons (Fsp3) is 0.846. The van der Waals surface area contributed by atoms with Gasteiger partial charge in [-0.15, -0.1) is 12.4 Å². The molecule has 2 saturated heterocycles. The molecule has 0 radical (unpaired) electrons. The van der Waals surface area contributed by atoms with Gasteiger partial charge in [-0.2, -0.15) is 0 Å². The number of piperazine rings is 2. The molecule has 0 aromatic carbocycles. The molecule has 2 aliphatic heterocycles. The summed E-state index contributed by atoms with van der Waals surface area (Å²) < 4.78 is 0. The molecule has 2 amide bonds. The quantitative estimate of drug-likeness (QED) is 0.734. The summed E-state index contributed by atoms with van der Waals surface area (Å²) in [7, 11) is 0. The van der Waals surface area contributed by atoms with E-state index in [1.165, 1.54) is 0 Å². The molecule has 116 valence electrons. The molecule has 0 aromatic rings. The molecule has 0 unspecified atom stereocenters. The first-order valence-corrected chi connectivity index (χ1v) is 7.03. The van der Waals surface area contributed by atoms with Crippen LogP contribution in [-0.4, -0.2) is 73.0 Å². The smallest absolute Gasteiger partial charge is 0.239 e. The van der Waals surface area contributed by atoms with E-state index in [-0.39, 0.29) is 24.2 Å². The van der Waals surface area contributed by atoms with Crippen LogP contribution in [0.2, 0.25) is 0 Å². The molecule has 0 saturated carbocycles. The van der Waals surface area contributed by atoms with Gasteiger partial charge in [-0.05, 0) is 13.8 Å². The third kappa shape index (κ3) is 3.84. The van der Waals surface area contributed by atoms with Gasteiger partial charge in [0.25, 0.3) is 0 Å². The van der Waals surface area contributed by atoms with Gasteiger partial charge in [0.1, 0.15) is 0 Å². The Balaban J connectivity index is 0.00000200. The van der Waals surface area contributed by atoms with Gasteiger partial charge in [0.05, 0.1) is 5.54 Å². The topological polar surface area (TPSA) is 64.7 Å². The van der Waals surface area contributed by atoms with E-state index in [0.29, 0.717) is 19.5 Å². The molecule has 7 heteroatoms. The van der Waals surface area contributed by atoms with E-state index < -0.39 is 5.54 Å². The third-order valence-electron chi connectivity index (χ3n) is 4.08. The van der Waals surface area contributed by atoms with E-state index in [9.17, 15) is 9.59 Å². The Morgan fingerprint density at radius 3 is 2.50 bits per heavy atom. The molecule has 6 nitrogen and oxygen atoms in total. The van der Waals surface area contributed by atoms with E-state index in [1.807, 2.05) is 18.7 Å². The molecular formula is C13H25ClN4O2. The third-order valence-corrected chi connectivity index (χ3v) is 4.08. The van der Waals surface area contributed by atoms with Crippen LogP contribution in [0.4, 0.5) is 0 Å². The average Bonchev–Trinajstić information content (AvgIpc) is 2.41. The fourth-order valence-electron chi connectivity index (χ4n) is 2.64. The zero-order chi connectivity index (χ0) is 13.9. The van der Waals surface area contributed by atoms with Crippen LogP contribution in [0.5, 0.6) is 0 Å². The van der Waals surface area contributed by atoms with Crippen molar-refractivity contribution in [2.75, 3.05) is 45.8 Å². The molecule has 2 aliphatic rings. The Labute approximate surface area is 126 Å². The highest BCUT2D eigenvalue weighted by Crippen LogP contribution is 2.17. The molecule has 0 atom stereocenters. The highest BCUT2D eigenvalue weighted by molar-refractivity contribution is 5.86. The van der Waals surface area contributed by atoms with E-state index in [4.69, 9.17) is 0 Å². The summed E-state index contributed by atoms with van der Waals surface area (Å²) in [6.45, 7) is 9.31. The van der Waals surface area contributed by atoms with Gasteiger partial charge in [-0.1, -0.05) is 0 Å². The molecule has 0 bridgehead atoms. The van der Waals surface area contributed by atoms with Crippen molar-refractivity contribution in [2.45, 2.75) is 25.8 Å². The normalized spacial score (nSPS) is 22.9. The molecule has 20 heavy (non-hydrogen) atoms. The summed E-state index contributed by atoms with van der Waals surface area (Å²) in [4.78, 5) is 27.9. The summed E-state index contributed by atoms with van der Waals surface area (Å²) in [6, 6.07) is 0. The van der Waals surface area contributed by atoms with E-state index in [0.717, 1.165) is 32.7 Å². The summed E-state index contributed by atoms with van der Waals surface area (Å²) in [5, 5.41) is 6.11. The number of hydrogen-bond donors (Lipinski definition) is 2. The largest absolute Gasteiger partial charge is 0.353 e. The summed E-state index contributed by atoms with van der Waals surface area (Å²) >= 11 is 0. The molecular weight excluding hydrogens is 280 g/mol. The Kier molecular flexibility index (Phi) is 6.23. The minimum absolute atomic E-state index is 0. The number of carbonyl (C=O) groups is 2. The fourth-order valence-corrected chi connectivity index (χ4v) is 2.64. The van der Waals surface area contributed by atoms with Crippen LogP contribution >= 0.6 is 12.4 Å². The SMILES string of the molecule is CC1(C)C(=O)NCCN1CCC(=O)N1CCNCC1.Cl. The number of hydrogen-bond acceptors (Lipinski definition) is 4. The van der Waals surface area contributed by atoms with Crippen molar-refractivity contribution in [1.29, 1.82) is 0 Å². The number of nitrogens with zero attached hydrogens (tertiary/aromatic N) is 2. The van der Waals surface area contributed by atoms with Crippen molar-refractivity contribution in [3.8, 4) is 0 Å². The first kappa shape index (κ1) is 17.2. The van der Waals surface area contributed by atoms with Crippen LogP contribution in [-0.2, 0) is 9.59 Å². The Bertz CT molecular complexity index is 356. The minimum Gasteiger partial charge on any atom is -0.353 e. The van der Waals surface area contributed by atoms with Crippen molar-refractivity contribution < 1.29 is 9.59 Å². The minimum atomic E-state index is -0.512. The van der Waals surface area contributed by atoms with Gasteiger partial charge in [0.15, 0.2) is 0 Å². The molecule has 0 aliphatic carbocycles. The zero-order valence-corrected chi connectivity index (χ0v) is 13.1. The molecule has 0 aromatic heterocycles. The molecule has 2 fully saturated rings. The molecule has 0 spiro atoms. The lowest BCUT2D eigenvalue weighted by Gasteiger charge is -2.41. The predicted octanol–water partition coefficient (Wildman–Crippen LogP) is -0.559. The lowest BCUT2D eigenvalue weighted by Crippen LogP contribution is -2.62. The van der Waals surface area contributed by atoms with Gasteiger partial charge in [-0.3, -0.25) is 14.5 Å². The summed E-state index contributed by atoms with van der Waals surface area (Å²) in [5.74, 6) is 0.247. The second-order valence-corrected chi connectivity index (χ2v) is 5.68. The standard InChI is InChI=1S/C13H24N4O2.ClH/c1-13(2)12(19)15-6-10-17(13)7-3-11(18)16-8-4-14-5-9-16;/h14H,3-10H2,1-2H3,(H,15,19);1H. The number of carbonyl (C=O) groups excluding carboxylic acids is 2. The second kappa shape index (κ2) is 7.24. The van der Waals surface area contributed by atoms with Crippen molar-refractivity contribution in [1.82, 2.24) is 20.4 Å². The van der Waals surface area contributed by atoms with Crippen molar-refractivity contribution in [2.24, 2.45) is 0 Å². The van der Waals surface area contributed by atoms with Crippen LogP contribution in [0.1, 0.15) is 20.3 Å². The maximum absolute atomic E-state index is 12.1. The van der Waals surface area contributed by atoms with Crippen molar-refractivity contribution >= 4 is 24.2 Å². The highest BCUT2D eigenvalue weighted by Gasteiger charge is 2.37. The van der Waals surface area contributed by atoms with E-state index >= 15 is 0 Å². The van der Waals surface area contributed by atoms with E-state index in [1.54, 1.807) is 0 Å². The lowest BCUT2D eigenvalue weighted by molar-refractivity contribution is -0.138. The van der Waals surface area contributed by atoms with Crippen LogP contribution in [0, 0.1) is 0 Å². The van der Waals surface area contributed by atoms with Gasteiger partial charge in [0, 0.05) is 52.2 Å².